The number of aliphatic carboxylic acids is 1. The van der Waals surface area contributed by atoms with Crippen LogP contribution in [0.4, 0.5) is 0 Å². The summed E-state index contributed by atoms with van der Waals surface area (Å²) >= 11 is 0. The minimum absolute atomic E-state index is 0.113. The summed E-state index contributed by atoms with van der Waals surface area (Å²) in [6, 6.07) is 0. The minimum Gasteiger partial charge on any atom is -0.481 e. The maximum atomic E-state index is 10.9. The summed E-state index contributed by atoms with van der Waals surface area (Å²) in [5, 5.41) is 8.97. The molecule has 102 valence electrons. The highest BCUT2D eigenvalue weighted by atomic mass is 16.4. The van der Waals surface area contributed by atoms with Crippen molar-refractivity contribution in [3.8, 4) is 0 Å². The van der Waals surface area contributed by atoms with E-state index in [-0.39, 0.29) is 17.3 Å². The Morgan fingerprint density at radius 1 is 1.28 bits per heavy atom. The summed E-state index contributed by atoms with van der Waals surface area (Å²) in [6.07, 6.45) is 5.42. The van der Waals surface area contributed by atoms with E-state index in [1.807, 2.05) is 0 Å². The first-order valence-electron chi connectivity index (χ1n) is 6.63. The zero-order chi connectivity index (χ0) is 14.1. The molecule has 1 N–H and O–H groups in total. The van der Waals surface area contributed by atoms with Crippen molar-refractivity contribution in [1.29, 1.82) is 0 Å². The molecule has 0 heterocycles. The van der Waals surface area contributed by atoms with Gasteiger partial charge in [-0.25, -0.2) is 0 Å². The van der Waals surface area contributed by atoms with Crippen LogP contribution in [-0.4, -0.2) is 11.1 Å². The molecule has 0 aromatic heterocycles. The molecule has 0 aliphatic heterocycles. The van der Waals surface area contributed by atoms with E-state index in [0.717, 1.165) is 12.0 Å². The SMILES string of the molecule is CC(C)(C)C1=CC(CC(=O)O)=CC(C(C)(C)C)C1. The largest absolute Gasteiger partial charge is 0.481 e. The summed E-state index contributed by atoms with van der Waals surface area (Å²) in [5.41, 5.74) is 2.61. The topological polar surface area (TPSA) is 37.3 Å². The molecule has 0 fully saturated rings. The number of hydrogen-bond acceptors (Lipinski definition) is 1. The highest BCUT2D eigenvalue weighted by Crippen LogP contribution is 2.42. The summed E-state index contributed by atoms with van der Waals surface area (Å²) in [4.78, 5) is 10.9. The monoisotopic (exact) mass is 250 g/mol. The molecule has 0 saturated heterocycles. The van der Waals surface area contributed by atoms with Crippen molar-refractivity contribution in [3.63, 3.8) is 0 Å². The Morgan fingerprint density at radius 2 is 1.83 bits per heavy atom. The van der Waals surface area contributed by atoms with E-state index in [9.17, 15) is 4.79 Å². The van der Waals surface area contributed by atoms with Crippen LogP contribution in [0.15, 0.2) is 23.3 Å². The Kier molecular flexibility index (Phi) is 4.09. The molecular formula is C16H26O2. The predicted molar refractivity (Wildman–Crippen MR) is 75.4 cm³/mol. The lowest BCUT2D eigenvalue weighted by atomic mass is 9.69. The molecule has 18 heavy (non-hydrogen) atoms. The third-order valence-corrected chi connectivity index (χ3v) is 3.65. The molecule has 1 rings (SSSR count). The van der Waals surface area contributed by atoms with Crippen LogP contribution in [0.5, 0.6) is 0 Å². The molecule has 0 aromatic rings. The lowest BCUT2D eigenvalue weighted by Crippen LogP contribution is -2.25. The van der Waals surface area contributed by atoms with Crippen molar-refractivity contribution in [2.75, 3.05) is 0 Å². The second kappa shape index (κ2) is 4.91. The molecular weight excluding hydrogens is 224 g/mol. The highest BCUT2D eigenvalue weighted by Gasteiger charge is 2.30. The Bertz CT molecular complexity index is 386. The quantitative estimate of drug-likeness (QED) is 0.787. The van der Waals surface area contributed by atoms with Gasteiger partial charge in [0, 0.05) is 0 Å². The Balaban J connectivity index is 3.08. The number of carboxylic acid groups (broad SMARTS) is 1. The van der Waals surface area contributed by atoms with Gasteiger partial charge >= 0.3 is 5.97 Å². The van der Waals surface area contributed by atoms with Crippen LogP contribution in [0.1, 0.15) is 54.4 Å². The zero-order valence-electron chi connectivity index (χ0n) is 12.5. The van der Waals surface area contributed by atoms with Crippen LogP contribution >= 0.6 is 0 Å². The van der Waals surface area contributed by atoms with Gasteiger partial charge < -0.3 is 5.11 Å². The molecule has 2 nitrogen and oxygen atoms in total. The Hall–Kier alpha value is -1.05. The number of allylic oxidation sites excluding steroid dienone is 3. The zero-order valence-corrected chi connectivity index (χ0v) is 12.5. The third-order valence-electron chi connectivity index (χ3n) is 3.65. The second-order valence-corrected chi connectivity index (χ2v) is 7.41. The van der Waals surface area contributed by atoms with Gasteiger partial charge in [-0.2, -0.15) is 0 Å². The predicted octanol–water partition coefficient (Wildman–Crippen LogP) is 4.43. The molecule has 1 atom stereocenters. The molecule has 0 amide bonds. The first kappa shape index (κ1) is 15.0. The van der Waals surface area contributed by atoms with Crippen LogP contribution in [0.25, 0.3) is 0 Å². The van der Waals surface area contributed by atoms with E-state index in [2.05, 4.69) is 53.7 Å². The second-order valence-electron chi connectivity index (χ2n) is 7.41. The van der Waals surface area contributed by atoms with E-state index in [0.29, 0.717) is 5.92 Å². The van der Waals surface area contributed by atoms with Crippen molar-refractivity contribution in [1.82, 2.24) is 0 Å². The van der Waals surface area contributed by atoms with Crippen molar-refractivity contribution >= 4 is 5.97 Å². The molecule has 0 spiro atoms. The number of carbonyl (C=O) groups is 1. The minimum atomic E-state index is -0.750. The summed E-state index contributed by atoms with van der Waals surface area (Å²) < 4.78 is 0. The average Bonchev–Trinajstić information content (AvgIpc) is 2.13. The fraction of sp³-hybridized carbons (Fsp3) is 0.688. The van der Waals surface area contributed by atoms with Gasteiger partial charge in [0.1, 0.15) is 0 Å². The molecule has 1 aliphatic carbocycles. The van der Waals surface area contributed by atoms with E-state index in [1.165, 1.54) is 5.57 Å². The van der Waals surface area contributed by atoms with Gasteiger partial charge in [-0.15, -0.1) is 0 Å². The molecule has 0 saturated carbocycles. The van der Waals surface area contributed by atoms with Gasteiger partial charge in [-0.1, -0.05) is 59.3 Å². The van der Waals surface area contributed by atoms with Gasteiger partial charge in [0.05, 0.1) is 6.42 Å². The smallest absolute Gasteiger partial charge is 0.307 e. The van der Waals surface area contributed by atoms with Crippen molar-refractivity contribution in [2.24, 2.45) is 16.7 Å². The van der Waals surface area contributed by atoms with E-state index < -0.39 is 5.97 Å². The Morgan fingerprint density at radius 3 is 2.22 bits per heavy atom. The average molecular weight is 250 g/mol. The van der Waals surface area contributed by atoms with E-state index in [1.54, 1.807) is 0 Å². The molecule has 0 aromatic carbocycles. The van der Waals surface area contributed by atoms with E-state index >= 15 is 0 Å². The lowest BCUT2D eigenvalue weighted by Gasteiger charge is -2.36. The summed E-state index contributed by atoms with van der Waals surface area (Å²) in [6.45, 7) is 13.3. The van der Waals surface area contributed by atoms with Gasteiger partial charge in [-0.3, -0.25) is 4.79 Å². The van der Waals surface area contributed by atoms with Crippen LogP contribution in [0.2, 0.25) is 0 Å². The van der Waals surface area contributed by atoms with Gasteiger partial charge in [0.2, 0.25) is 0 Å². The van der Waals surface area contributed by atoms with Crippen molar-refractivity contribution in [2.45, 2.75) is 54.4 Å². The van der Waals surface area contributed by atoms with Crippen LogP contribution in [-0.2, 0) is 4.79 Å². The standard InChI is InChI=1S/C16H26O2/c1-15(2,3)12-7-11(9-14(17)18)8-13(10-12)16(4,5)6/h7-8,12H,9-10H2,1-6H3,(H,17,18). The van der Waals surface area contributed by atoms with E-state index in [4.69, 9.17) is 5.11 Å². The lowest BCUT2D eigenvalue weighted by molar-refractivity contribution is -0.136. The van der Waals surface area contributed by atoms with Gasteiger partial charge in [0.25, 0.3) is 0 Å². The molecule has 1 aliphatic rings. The molecule has 1 unspecified atom stereocenters. The first-order chi connectivity index (χ1) is 8.00. The summed E-state index contributed by atoms with van der Waals surface area (Å²) in [5.74, 6) is -0.327. The maximum Gasteiger partial charge on any atom is 0.307 e. The molecule has 0 radical (unpaired) electrons. The molecule has 0 bridgehead atoms. The molecule has 2 heteroatoms. The number of rotatable bonds is 2. The van der Waals surface area contributed by atoms with Crippen LogP contribution < -0.4 is 0 Å². The summed E-state index contributed by atoms with van der Waals surface area (Å²) in [7, 11) is 0. The fourth-order valence-electron chi connectivity index (χ4n) is 2.25. The highest BCUT2D eigenvalue weighted by molar-refractivity contribution is 5.71. The van der Waals surface area contributed by atoms with Crippen LogP contribution in [0, 0.1) is 16.7 Å². The van der Waals surface area contributed by atoms with Gasteiger partial charge in [-0.05, 0) is 28.7 Å². The fourth-order valence-corrected chi connectivity index (χ4v) is 2.25. The third kappa shape index (κ3) is 4.01. The van der Waals surface area contributed by atoms with Crippen LogP contribution in [0.3, 0.4) is 0 Å². The maximum absolute atomic E-state index is 10.9. The number of carboxylic acids is 1. The van der Waals surface area contributed by atoms with Crippen molar-refractivity contribution in [3.05, 3.63) is 23.3 Å². The normalized spacial score (nSPS) is 21.3. The van der Waals surface area contributed by atoms with Crippen molar-refractivity contribution < 1.29 is 9.90 Å². The number of hydrogen-bond donors (Lipinski definition) is 1. The Labute approximate surface area is 111 Å². The van der Waals surface area contributed by atoms with Gasteiger partial charge in [0.15, 0.2) is 0 Å². The first-order valence-corrected chi connectivity index (χ1v) is 6.63.